The highest BCUT2D eigenvalue weighted by molar-refractivity contribution is 7.93. The van der Waals surface area contributed by atoms with Crippen LogP contribution in [0.25, 0.3) is 10.8 Å². The average Bonchev–Trinajstić information content (AvgIpc) is 2.98. The normalized spacial score (nSPS) is 11.7. The van der Waals surface area contributed by atoms with Crippen LogP contribution in [0.15, 0.2) is 119 Å². The summed E-state index contributed by atoms with van der Waals surface area (Å²) in [5.74, 6) is -0.684. The highest BCUT2D eigenvalue weighted by Gasteiger charge is 2.29. The zero-order valence-corrected chi connectivity index (χ0v) is 25.8. The predicted molar refractivity (Wildman–Crippen MR) is 172 cm³/mol. The number of hydrogen-bond acceptors (Lipinski definition) is 5. The first-order valence-corrected chi connectivity index (χ1v) is 16.6. The number of fused-ring (bicyclic) bond motifs is 1. The minimum Gasteiger partial charge on any atom is -0.325 e. The first-order chi connectivity index (χ1) is 20.5. The van der Waals surface area contributed by atoms with Crippen LogP contribution in [0.4, 0.5) is 17.1 Å². The molecule has 43 heavy (non-hydrogen) atoms. The Morgan fingerprint density at radius 2 is 1.37 bits per heavy atom. The topological polar surface area (TPSA) is 113 Å². The Labute approximate surface area is 260 Å². The molecule has 0 atom stereocenters. The molecule has 0 bridgehead atoms. The predicted octanol–water partition coefficient (Wildman–Crippen LogP) is 7.09. The van der Waals surface area contributed by atoms with Crippen LogP contribution in [-0.4, -0.2) is 29.3 Å². The number of halogens is 2. The van der Waals surface area contributed by atoms with E-state index in [4.69, 9.17) is 23.2 Å². The number of carbonyl (C=O) groups excluding carboxylic acids is 1. The monoisotopic (exact) mass is 653 g/mol. The lowest BCUT2D eigenvalue weighted by Gasteiger charge is -2.25. The molecule has 0 unspecified atom stereocenters. The Kier molecular flexibility index (Phi) is 8.66. The van der Waals surface area contributed by atoms with E-state index in [-0.39, 0.29) is 31.2 Å². The van der Waals surface area contributed by atoms with Crippen molar-refractivity contribution in [3.8, 4) is 0 Å². The van der Waals surface area contributed by atoms with Gasteiger partial charge in [0.15, 0.2) is 0 Å². The molecular formula is C31H25Cl2N3O5S2. The Morgan fingerprint density at radius 1 is 0.744 bits per heavy atom. The van der Waals surface area contributed by atoms with E-state index in [9.17, 15) is 21.6 Å². The number of carbonyl (C=O) groups is 1. The Balaban J connectivity index is 1.37. The number of aryl methyl sites for hydroxylation is 1. The maximum atomic E-state index is 13.7. The molecule has 2 N–H and O–H groups in total. The van der Waals surface area contributed by atoms with Gasteiger partial charge in [-0.2, -0.15) is 0 Å². The van der Waals surface area contributed by atoms with Gasteiger partial charge in [-0.25, -0.2) is 16.8 Å². The summed E-state index contributed by atoms with van der Waals surface area (Å²) >= 11 is 12.5. The number of nitrogens with one attached hydrogen (secondary N) is 2. The number of sulfonamides is 2. The van der Waals surface area contributed by atoms with E-state index in [0.717, 1.165) is 20.6 Å². The maximum Gasteiger partial charge on any atom is 0.264 e. The fraction of sp³-hybridized carbons (Fsp3) is 0.0645. The van der Waals surface area contributed by atoms with Crippen LogP contribution in [0, 0.1) is 6.92 Å². The summed E-state index contributed by atoms with van der Waals surface area (Å²) in [6.07, 6.45) is 0. The fourth-order valence-electron chi connectivity index (χ4n) is 4.39. The molecule has 0 saturated carbocycles. The van der Waals surface area contributed by atoms with Crippen molar-refractivity contribution in [2.75, 3.05) is 20.9 Å². The molecule has 5 aromatic carbocycles. The third-order valence-electron chi connectivity index (χ3n) is 6.58. The molecule has 0 spiro atoms. The van der Waals surface area contributed by atoms with E-state index in [1.165, 1.54) is 54.6 Å². The number of rotatable bonds is 9. The number of anilines is 3. The zero-order chi connectivity index (χ0) is 30.8. The standard InChI is InChI=1S/C31H25Cl2N3O5S2/c1-21-12-16-25(17-13-21)43(40,41)36(29-11-5-9-27(32)31(29)33)20-30(37)34-23-14-18-24(19-15-23)42(38,39)35-28-10-4-7-22-6-2-3-8-26(22)28/h2-19,35H,20H2,1H3,(H,34,37). The zero-order valence-electron chi connectivity index (χ0n) is 22.7. The SMILES string of the molecule is Cc1ccc(S(=O)(=O)N(CC(=O)Nc2ccc(S(=O)(=O)Nc3cccc4ccccc34)cc2)c2cccc(Cl)c2Cl)cc1. The summed E-state index contributed by atoms with van der Waals surface area (Å²) in [6, 6.07) is 28.9. The van der Waals surface area contributed by atoms with E-state index in [1.807, 2.05) is 37.3 Å². The van der Waals surface area contributed by atoms with Gasteiger partial charge in [0.2, 0.25) is 5.91 Å². The highest BCUT2D eigenvalue weighted by atomic mass is 35.5. The number of amides is 1. The molecule has 0 aliphatic carbocycles. The quantitative estimate of drug-likeness (QED) is 0.176. The molecule has 0 aliphatic heterocycles. The van der Waals surface area contributed by atoms with E-state index in [1.54, 1.807) is 24.3 Å². The number of nitrogens with zero attached hydrogens (tertiary/aromatic N) is 1. The summed E-state index contributed by atoms with van der Waals surface area (Å²) in [6.45, 7) is 1.20. The third kappa shape index (κ3) is 6.62. The van der Waals surface area contributed by atoms with Crippen LogP contribution in [0.1, 0.15) is 5.56 Å². The van der Waals surface area contributed by atoms with Crippen molar-refractivity contribution >= 4 is 77.0 Å². The molecule has 0 aliphatic rings. The molecule has 1 amide bonds. The third-order valence-corrected chi connectivity index (χ3v) is 10.5. The summed E-state index contributed by atoms with van der Waals surface area (Å²) in [5.41, 5.74) is 1.59. The Hall–Kier alpha value is -4.09. The van der Waals surface area contributed by atoms with Gasteiger partial charge in [-0.1, -0.05) is 83.4 Å². The Morgan fingerprint density at radius 3 is 2.09 bits per heavy atom. The van der Waals surface area contributed by atoms with Crippen molar-refractivity contribution in [3.63, 3.8) is 0 Å². The average molecular weight is 655 g/mol. The molecule has 220 valence electrons. The van der Waals surface area contributed by atoms with Crippen LogP contribution in [0.3, 0.4) is 0 Å². The maximum absolute atomic E-state index is 13.7. The minimum absolute atomic E-state index is 0.0206. The van der Waals surface area contributed by atoms with Gasteiger partial charge in [0.25, 0.3) is 20.0 Å². The largest absolute Gasteiger partial charge is 0.325 e. The van der Waals surface area contributed by atoms with Crippen molar-refractivity contribution in [1.82, 2.24) is 0 Å². The van der Waals surface area contributed by atoms with Gasteiger partial charge in [-0.15, -0.1) is 0 Å². The molecule has 0 heterocycles. The van der Waals surface area contributed by atoms with Gasteiger partial charge in [-0.05, 0) is 66.9 Å². The van der Waals surface area contributed by atoms with Gasteiger partial charge in [0.05, 0.1) is 31.2 Å². The van der Waals surface area contributed by atoms with Crippen molar-refractivity contribution in [1.29, 1.82) is 0 Å². The summed E-state index contributed by atoms with van der Waals surface area (Å²) in [7, 11) is -8.17. The molecule has 8 nitrogen and oxygen atoms in total. The van der Waals surface area contributed by atoms with Crippen molar-refractivity contribution < 1.29 is 21.6 Å². The van der Waals surface area contributed by atoms with E-state index in [0.29, 0.717) is 5.69 Å². The van der Waals surface area contributed by atoms with Crippen LogP contribution < -0.4 is 14.3 Å². The van der Waals surface area contributed by atoms with Gasteiger partial charge >= 0.3 is 0 Å². The molecule has 0 saturated heterocycles. The lowest BCUT2D eigenvalue weighted by Crippen LogP contribution is -2.38. The summed E-state index contributed by atoms with van der Waals surface area (Å²) < 4.78 is 57.0. The fourth-order valence-corrected chi connectivity index (χ4v) is 7.35. The van der Waals surface area contributed by atoms with Gasteiger partial charge in [0, 0.05) is 11.1 Å². The van der Waals surface area contributed by atoms with Crippen molar-refractivity contribution in [2.24, 2.45) is 0 Å². The van der Waals surface area contributed by atoms with Crippen LogP contribution in [0.5, 0.6) is 0 Å². The molecule has 5 aromatic rings. The molecule has 0 aromatic heterocycles. The van der Waals surface area contributed by atoms with E-state index < -0.39 is 32.5 Å². The second-order valence-electron chi connectivity index (χ2n) is 9.60. The van der Waals surface area contributed by atoms with Crippen LogP contribution in [-0.2, 0) is 24.8 Å². The molecule has 12 heteroatoms. The smallest absolute Gasteiger partial charge is 0.264 e. The van der Waals surface area contributed by atoms with Crippen molar-refractivity contribution in [3.05, 3.63) is 125 Å². The highest BCUT2D eigenvalue weighted by Crippen LogP contribution is 2.35. The van der Waals surface area contributed by atoms with E-state index in [2.05, 4.69) is 10.0 Å². The van der Waals surface area contributed by atoms with Gasteiger partial charge in [0.1, 0.15) is 6.54 Å². The lowest BCUT2D eigenvalue weighted by molar-refractivity contribution is -0.114. The summed E-state index contributed by atoms with van der Waals surface area (Å²) in [4.78, 5) is 13.1. The second-order valence-corrected chi connectivity index (χ2v) is 13.9. The van der Waals surface area contributed by atoms with Crippen molar-refractivity contribution in [2.45, 2.75) is 16.7 Å². The molecular weight excluding hydrogens is 629 g/mol. The molecule has 0 fully saturated rings. The Bertz CT molecular complexity index is 2030. The van der Waals surface area contributed by atoms with Gasteiger partial charge in [-0.3, -0.25) is 13.8 Å². The first kappa shape index (κ1) is 30.4. The van der Waals surface area contributed by atoms with Crippen LogP contribution >= 0.6 is 23.2 Å². The second kappa shape index (κ2) is 12.3. The van der Waals surface area contributed by atoms with Gasteiger partial charge < -0.3 is 5.32 Å². The summed E-state index contributed by atoms with van der Waals surface area (Å²) in [5, 5.41) is 4.36. The number of hydrogen-bond donors (Lipinski definition) is 2. The van der Waals surface area contributed by atoms with Crippen LogP contribution in [0.2, 0.25) is 10.0 Å². The molecule has 0 radical (unpaired) electrons. The lowest BCUT2D eigenvalue weighted by atomic mass is 10.1. The number of benzene rings is 5. The first-order valence-electron chi connectivity index (χ1n) is 12.9. The minimum atomic E-state index is -4.23. The van der Waals surface area contributed by atoms with E-state index >= 15 is 0 Å². The molecule has 5 rings (SSSR count).